The van der Waals surface area contributed by atoms with Crippen molar-refractivity contribution < 1.29 is 0 Å². The number of thioether (sulfide) groups is 1. The number of rotatable bonds is 6. The van der Waals surface area contributed by atoms with Crippen LogP contribution < -0.4 is 16.6 Å². The van der Waals surface area contributed by atoms with Gasteiger partial charge in [-0.1, -0.05) is 56.0 Å². The van der Waals surface area contributed by atoms with Crippen molar-refractivity contribution in [1.29, 1.82) is 0 Å². The Kier molecular flexibility index (Phi) is 7.08. The van der Waals surface area contributed by atoms with Gasteiger partial charge >= 0.3 is 0 Å². The molecule has 0 amide bonds. The van der Waals surface area contributed by atoms with E-state index in [1.807, 2.05) is 30.3 Å². The summed E-state index contributed by atoms with van der Waals surface area (Å²) in [4.78, 5) is 0. The number of thiocarbonyl (C=S) groups is 1. The summed E-state index contributed by atoms with van der Waals surface area (Å²) >= 11 is 6.80. The van der Waals surface area contributed by atoms with Gasteiger partial charge < -0.3 is 5.73 Å². The molecule has 4 N–H and O–H groups in total. The van der Waals surface area contributed by atoms with Gasteiger partial charge in [-0.05, 0) is 24.5 Å². The average molecular weight is 283 g/mol. The van der Waals surface area contributed by atoms with Crippen molar-refractivity contribution >= 4 is 34.0 Å². The zero-order valence-corrected chi connectivity index (χ0v) is 12.5. The number of anilines is 1. The van der Waals surface area contributed by atoms with E-state index in [2.05, 4.69) is 24.7 Å². The molecule has 0 radical (unpaired) electrons. The van der Waals surface area contributed by atoms with Gasteiger partial charge in [-0.2, -0.15) is 0 Å². The van der Waals surface area contributed by atoms with Crippen LogP contribution in [-0.2, 0) is 0 Å². The maximum atomic E-state index is 6.00. The van der Waals surface area contributed by atoms with E-state index in [1.54, 1.807) is 11.8 Å². The molecule has 0 spiro atoms. The quantitative estimate of drug-likeness (QED) is 0.553. The zero-order chi connectivity index (χ0) is 13.4. The molecule has 0 aromatic heterocycles. The molecular formula is C13H21N3S2. The van der Waals surface area contributed by atoms with Crippen molar-refractivity contribution in [3.05, 3.63) is 30.3 Å². The second-order valence-electron chi connectivity index (χ2n) is 4.60. The van der Waals surface area contributed by atoms with Crippen LogP contribution in [0.3, 0.4) is 0 Å². The molecule has 0 heterocycles. The molecule has 1 aromatic carbocycles. The van der Waals surface area contributed by atoms with Crippen molar-refractivity contribution in [2.45, 2.75) is 26.3 Å². The topological polar surface area (TPSA) is 50.1 Å². The Labute approximate surface area is 119 Å². The highest BCUT2D eigenvalue weighted by Crippen LogP contribution is 2.10. The predicted octanol–water partition coefficient (Wildman–Crippen LogP) is 2.99. The van der Waals surface area contributed by atoms with E-state index in [-0.39, 0.29) is 6.04 Å². The van der Waals surface area contributed by atoms with Gasteiger partial charge in [0.15, 0.2) is 4.32 Å². The molecule has 0 aliphatic carbocycles. The highest BCUT2D eigenvalue weighted by molar-refractivity contribution is 8.23. The van der Waals surface area contributed by atoms with E-state index >= 15 is 0 Å². The Bertz CT molecular complexity index is 355. The first kappa shape index (κ1) is 15.3. The Balaban J connectivity index is 2.18. The van der Waals surface area contributed by atoms with E-state index in [9.17, 15) is 0 Å². The van der Waals surface area contributed by atoms with Crippen LogP contribution >= 0.6 is 24.0 Å². The fourth-order valence-corrected chi connectivity index (χ4v) is 2.42. The molecule has 0 aliphatic heterocycles. The van der Waals surface area contributed by atoms with Crippen LogP contribution in [-0.4, -0.2) is 16.1 Å². The molecule has 3 nitrogen and oxygen atoms in total. The summed E-state index contributed by atoms with van der Waals surface area (Å²) in [6.45, 7) is 4.36. The fraction of sp³-hybridized carbons (Fsp3) is 0.462. The first-order valence-corrected chi connectivity index (χ1v) is 7.46. The molecular weight excluding hydrogens is 262 g/mol. The normalized spacial score (nSPS) is 12.2. The number of hydrogen-bond donors (Lipinski definition) is 3. The van der Waals surface area contributed by atoms with Crippen molar-refractivity contribution in [3.63, 3.8) is 0 Å². The van der Waals surface area contributed by atoms with Gasteiger partial charge in [0.25, 0.3) is 0 Å². The minimum absolute atomic E-state index is 0.200. The van der Waals surface area contributed by atoms with Crippen molar-refractivity contribution in [1.82, 2.24) is 5.43 Å². The lowest BCUT2D eigenvalue weighted by Crippen LogP contribution is -2.29. The van der Waals surface area contributed by atoms with E-state index in [0.717, 1.165) is 22.2 Å². The van der Waals surface area contributed by atoms with Gasteiger partial charge in [0, 0.05) is 11.8 Å². The van der Waals surface area contributed by atoms with Crippen molar-refractivity contribution in [3.8, 4) is 0 Å². The summed E-state index contributed by atoms with van der Waals surface area (Å²) in [7, 11) is 0. The number of para-hydroxylation sites is 1. The van der Waals surface area contributed by atoms with Gasteiger partial charge in [0.05, 0.1) is 5.69 Å². The summed E-state index contributed by atoms with van der Waals surface area (Å²) < 4.78 is 0.720. The van der Waals surface area contributed by atoms with Gasteiger partial charge in [0.2, 0.25) is 0 Å². The molecule has 5 heteroatoms. The van der Waals surface area contributed by atoms with Gasteiger partial charge in [-0.3, -0.25) is 10.9 Å². The van der Waals surface area contributed by atoms with Crippen molar-refractivity contribution in [2.24, 2.45) is 11.7 Å². The zero-order valence-electron chi connectivity index (χ0n) is 10.8. The summed E-state index contributed by atoms with van der Waals surface area (Å²) in [6.07, 6.45) is 1.03. The molecule has 18 heavy (non-hydrogen) atoms. The lowest BCUT2D eigenvalue weighted by Gasteiger charge is -2.15. The maximum Gasteiger partial charge on any atom is 0.152 e. The number of hydrogen-bond acceptors (Lipinski definition) is 4. The standard InChI is InChI=1S/C13H21N3S2/c1-10(2)8-11(14)9-18-13(17)16-15-12-6-4-3-5-7-12/h3-7,10-11,15H,8-9,14H2,1-2H3,(H,16,17)/t11-/m1/s1. The molecule has 0 bridgehead atoms. The number of nitrogens with one attached hydrogen (secondary N) is 2. The predicted molar refractivity (Wildman–Crippen MR) is 85.7 cm³/mol. The smallest absolute Gasteiger partial charge is 0.152 e. The van der Waals surface area contributed by atoms with E-state index < -0.39 is 0 Å². The van der Waals surface area contributed by atoms with Crippen LogP contribution in [0.1, 0.15) is 20.3 Å². The molecule has 1 aromatic rings. The van der Waals surface area contributed by atoms with E-state index in [4.69, 9.17) is 18.0 Å². The SMILES string of the molecule is CC(C)C[C@@H](N)CSC(=S)NNc1ccccc1. The average Bonchev–Trinajstić information content (AvgIpc) is 2.34. The summed E-state index contributed by atoms with van der Waals surface area (Å²) in [6, 6.07) is 10.1. The highest BCUT2D eigenvalue weighted by atomic mass is 32.2. The molecule has 100 valence electrons. The van der Waals surface area contributed by atoms with Gasteiger partial charge in [0.1, 0.15) is 0 Å². The summed E-state index contributed by atoms with van der Waals surface area (Å²) in [5, 5.41) is 0. The van der Waals surface area contributed by atoms with E-state index in [1.165, 1.54) is 0 Å². The monoisotopic (exact) mass is 283 g/mol. The highest BCUT2D eigenvalue weighted by Gasteiger charge is 2.07. The first-order chi connectivity index (χ1) is 8.58. The Morgan fingerprint density at radius 3 is 2.61 bits per heavy atom. The second kappa shape index (κ2) is 8.34. The van der Waals surface area contributed by atoms with Gasteiger partial charge in [-0.15, -0.1) is 0 Å². The van der Waals surface area contributed by atoms with Crippen LogP contribution in [0.25, 0.3) is 0 Å². The van der Waals surface area contributed by atoms with Crippen LogP contribution in [0.4, 0.5) is 5.69 Å². The van der Waals surface area contributed by atoms with Crippen molar-refractivity contribution in [2.75, 3.05) is 11.2 Å². The summed E-state index contributed by atoms with van der Waals surface area (Å²) in [5.74, 6) is 1.48. The molecule has 0 fully saturated rings. The number of hydrazine groups is 1. The largest absolute Gasteiger partial charge is 0.327 e. The Morgan fingerprint density at radius 2 is 2.00 bits per heavy atom. The molecule has 0 saturated heterocycles. The van der Waals surface area contributed by atoms with Crippen LogP contribution in [0.5, 0.6) is 0 Å². The summed E-state index contributed by atoms with van der Waals surface area (Å²) in [5.41, 5.74) is 13.0. The molecule has 0 saturated carbocycles. The molecule has 1 atom stereocenters. The van der Waals surface area contributed by atoms with Crippen LogP contribution in [0, 0.1) is 5.92 Å². The minimum atomic E-state index is 0.200. The molecule has 0 aliphatic rings. The van der Waals surface area contributed by atoms with E-state index in [0.29, 0.717) is 5.92 Å². The maximum absolute atomic E-state index is 6.00. The fourth-order valence-electron chi connectivity index (χ4n) is 1.54. The lowest BCUT2D eigenvalue weighted by atomic mass is 10.1. The van der Waals surface area contributed by atoms with Gasteiger partial charge in [-0.25, -0.2) is 0 Å². The third kappa shape index (κ3) is 6.83. The number of nitrogens with two attached hydrogens (primary N) is 1. The Morgan fingerprint density at radius 1 is 1.33 bits per heavy atom. The second-order valence-corrected chi connectivity index (χ2v) is 6.30. The first-order valence-electron chi connectivity index (χ1n) is 6.07. The third-order valence-electron chi connectivity index (χ3n) is 2.29. The van der Waals surface area contributed by atoms with Crippen LogP contribution in [0.2, 0.25) is 0 Å². The third-order valence-corrected chi connectivity index (χ3v) is 3.70. The molecule has 1 rings (SSSR count). The minimum Gasteiger partial charge on any atom is -0.327 e. The lowest BCUT2D eigenvalue weighted by molar-refractivity contribution is 0.525. The molecule has 0 unspecified atom stereocenters. The number of benzene rings is 1. The Hall–Kier alpha value is -0.780. The van der Waals surface area contributed by atoms with Crippen LogP contribution in [0.15, 0.2) is 30.3 Å².